The first-order valence-corrected chi connectivity index (χ1v) is 22.8. The molecule has 5 heterocycles. The molecule has 0 amide bonds. The highest BCUT2D eigenvalue weighted by Crippen LogP contribution is 2.47. The van der Waals surface area contributed by atoms with Crippen LogP contribution in [-0.2, 0) is 9.83 Å². The van der Waals surface area contributed by atoms with E-state index in [2.05, 4.69) is 9.97 Å². The zero-order valence-corrected chi connectivity index (χ0v) is 40.4. The van der Waals surface area contributed by atoms with Gasteiger partial charge in [-0.2, -0.15) is 0 Å². The van der Waals surface area contributed by atoms with Crippen molar-refractivity contribution in [3.05, 3.63) is 126 Å². The van der Waals surface area contributed by atoms with E-state index in [0.717, 1.165) is 33.0 Å². The summed E-state index contributed by atoms with van der Waals surface area (Å²) in [4.78, 5) is 53.6. The average Bonchev–Trinajstić information content (AvgIpc) is 4.13. The van der Waals surface area contributed by atoms with Gasteiger partial charge in [0.2, 0.25) is 11.5 Å². The number of nitrogens with one attached hydrogen (secondary N) is 2. The number of hydrogen-bond donors (Lipinski definition) is 2. The molecule has 2 aliphatic heterocycles. The monoisotopic (exact) mass is 934 g/mol. The van der Waals surface area contributed by atoms with Crippen molar-refractivity contribution < 1.29 is 38.0 Å². The van der Waals surface area contributed by atoms with Crippen molar-refractivity contribution in [3.63, 3.8) is 0 Å². The smallest absolute Gasteiger partial charge is 0.322 e. The number of nitrogens with zero attached hydrogens (tertiary/aromatic N) is 6. The number of carbonyl (C=O) groups is 1. The highest BCUT2D eigenvalue weighted by molar-refractivity contribution is 6.32. The molecule has 0 fully saturated rings. The first-order chi connectivity index (χ1) is 33.7. The van der Waals surface area contributed by atoms with Gasteiger partial charge in [0.25, 0.3) is 0 Å². The van der Waals surface area contributed by atoms with E-state index in [-0.39, 0.29) is 16.0 Å². The quantitative estimate of drug-likeness (QED) is 0.0759. The highest BCUT2D eigenvalue weighted by atomic mass is 28.1. The van der Waals surface area contributed by atoms with Crippen LogP contribution in [0.1, 0.15) is 11.1 Å². The molecule has 342 valence electrons. The van der Waals surface area contributed by atoms with Crippen LogP contribution in [0.25, 0.3) is 89.7 Å². The molecule has 0 spiro atoms. The van der Waals surface area contributed by atoms with Crippen molar-refractivity contribution >= 4 is 60.3 Å². The van der Waals surface area contributed by atoms with Crippen LogP contribution >= 0.6 is 0 Å². The molecule has 11 rings (SSSR count). The summed E-state index contributed by atoms with van der Waals surface area (Å²) in [6, 6.07) is 36.0. The molecule has 16 nitrogen and oxygen atoms in total. The summed E-state index contributed by atoms with van der Waals surface area (Å²) in [5.74, 6) is 3.27. The maximum atomic E-state index is 15.6. The van der Waals surface area contributed by atoms with Gasteiger partial charge in [-0.3, -0.25) is 4.79 Å². The van der Waals surface area contributed by atoms with Crippen LogP contribution in [0.5, 0.6) is 40.2 Å². The molecular formula is C52H42N8O8Si. The van der Waals surface area contributed by atoms with E-state index in [4.69, 9.17) is 63.1 Å². The van der Waals surface area contributed by atoms with Crippen molar-refractivity contribution in [3.8, 4) is 85.8 Å². The summed E-state index contributed by atoms with van der Waals surface area (Å²) in [7, 11) is 9.19. The van der Waals surface area contributed by atoms with E-state index in [0.29, 0.717) is 102 Å². The Balaban J connectivity index is 1.26. The number of methoxy groups -OCH3 is 6. The van der Waals surface area contributed by atoms with E-state index in [9.17, 15) is 0 Å². The van der Waals surface area contributed by atoms with Crippen molar-refractivity contribution in [2.75, 3.05) is 42.7 Å². The van der Waals surface area contributed by atoms with Gasteiger partial charge < -0.3 is 43.1 Å². The van der Waals surface area contributed by atoms with Gasteiger partial charge in [-0.25, -0.2) is 29.9 Å². The first kappa shape index (κ1) is 42.8. The molecule has 3 aromatic heterocycles. The molecule has 6 aromatic carbocycles. The second-order valence-electron chi connectivity index (χ2n) is 16.3. The lowest BCUT2D eigenvalue weighted by Crippen LogP contribution is -2.41. The van der Waals surface area contributed by atoms with Crippen molar-refractivity contribution in [1.29, 1.82) is 0 Å². The number of carbonyl (C=O) groups excluding carboxylic acids is 1. The Kier molecular flexibility index (Phi) is 10.4. The number of H-pyrrole nitrogens is 2. The molecular weight excluding hydrogens is 893 g/mol. The van der Waals surface area contributed by atoms with E-state index in [1.54, 1.807) is 24.3 Å². The molecule has 1 unspecified atom stereocenters. The fraction of sp³-hybridized carbons (Fsp3) is 0.135. The molecule has 9 aromatic rings. The fourth-order valence-electron chi connectivity index (χ4n) is 9.19. The summed E-state index contributed by atoms with van der Waals surface area (Å²) < 4.78 is 40.8. The van der Waals surface area contributed by atoms with Gasteiger partial charge >= 0.3 is 5.97 Å². The molecule has 17 heteroatoms. The first-order valence-electron chi connectivity index (χ1n) is 21.8. The average molecular weight is 935 g/mol. The summed E-state index contributed by atoms with van der Waals surface area (Å²) >= 11 is 0. The lowest BCUT2D eigenvalue weighted by Gasteiger charge is -2.30. The number of fused-ring (bicyclic) bond motifs is 20. The maximum absolute atomic E-state index is 15.6. The van der Waals surface area contributed by atoms with Gasteiger partial charge in [0, 0.05) is 66.2 Å². The number of benzene rings is 6. The van der Waals surface area contributed by atoms with Gasteiger partial charge in [-0.1, -0.05) is 91.0 Å². The van der Waals surface area contributed by atoms with E-state index >= 15 is 4.79 Å². The Morgan fingerprint density at radius 1 is 0.464 bits per heavy atom. The SMILES string of the molecule is COc1cc(OC(=O)C([SiH3])(c2cc(OC)c(OC)c(OC)c2)c2cccc3c4nc5nc(nc6[nH]c(nc7nc(nc([nH]4)c23)-c2ccccc2-7)c2ccccc62)-c2ccccc2-5)cc(OC)c1OC. The predicted molar refractivity (Wildman–Crippen MR) is 265 cm³/mol. The molecule has 2 aliphatic rings. The second kappa shape index (κ2) is 16.8. The van der Waals surface area contributed by atoms with Crippen LogP contribution in [-0.4, -0.2) is 98.7 Å². The number of ether oxygens (including phenoxy) is 7. The second-order valence-corrected chi connectivity index (χ2v) is 17.8. The van der Waals surface area contributed by atoms with Gasteiger partial charge in [-0.05, 0) is 23.3 Å². The Morgan fingerprint density at radius 3 is 1.30 bits per heavy atom. The summed E-state index contributed by atoms with van der Waals surface area (Å²) in [5, 5.41) is 1.44. The normalized spacial score (nSPS) is 12.5. The van der Waals surface area contributed by atoms with Crippen LogP contribution < -0.4 is 33.2 Å². The van der Waals surface area contributed by atoms with E-state index in [1.165, 1.54) is 42.7 Å². The fourth-order valence-corrected chi connectivity index (χ4v) is 9.99. The molecule has 69 heavy (non-hydrogen) atoms. The standard InChI is InChI=1S/C52H42N8O8Si/c1-62-36-22-26(23-37(63-2)41(36)66-5)52(69,51(61)68-27-24-38(64-3)42(67-6)39(25-27)65-4)35-21-13-20-34-40(35)50-59-48-33-19-12-11-18-32(33)46(57-48)55-44-29-15-8-7-14-28(29)43(53-44)54-45-30-16-9-10-17-31(30)47(56-45)58-49(34)60-50/h7-25H,1-6,69H3,(H2,53,54,55,56,57,58,59,60). The van der Waals surface area contributed by atoms with E-state index in [1.807, 2.05) is 91.0 Å². The number of hydrogen-bond acceptors (Lipinski definition) is 14. The molecule has 0 radical (unpaired) electrons. The van der Waals surface area contributed by atoms with Crippen molar-refractivity contribution in [2.45, 2.75) is 5.04 Å². The Bertz CT molecular complexity index is 3710. The number of rotatable bonds is 10. The third kappa shape index (κ3) is 6.84. The largest absolute Gasteiger partial charge is 0.493 e. The predicted octanol–water partition coefficient (Wildman–Crippen LogP) is 8.14. The van der Waals surface area contributed by atoms with Crippen molar-refractivity contribution in [2.24, 2.45) is 0 Å². The molecule has 0 saturated heterocycles. The van der Waals surface area contributed by atoms with Crippen LogP contribution in [0.15, 0.2) is 115 Å². The molecule has 8 bridgehead atoms. The highest BCUT2D eigenvalue weighted by Gasteiger charge is 2.43. The lowest BCUT2D eigenvalue weighted by atomic mass is 9.86. The van der Waals surface area contributed by atoms with Crippen molar-refractivity contribution in [1.82, 2.24) is 39.9 Å². The minimum absolute atomic E-state index is 0.124. The molecule has 1 atom stereocenters. The maximum Gasteiger partial charge on any atom is 0.322 e. The molecule has 0 saturated carbocycles. The summed E-state index contributed by atoms with van der Waals surface area (Å²) in [6.07, 6.45) is 0. The van der Waals surface area contributed by atoms with Crippen LogP contribution in [0, 0.1) is 0 Å². The van der Waals surface area contributed by atoms with Gasteiger partial charge in [-0.15, -0.1) is 0 Å². The Labute approximate surface area is 396 Å². The number of esters is 1. The van der Waals surface area contributed by atoms with Gasteiger partial charge in [0.05, 0.1) is 42.7 Å². The Morgan fingerprint density at radius 2 is 0.855 bits per heavy atom. The Hall–Kier alpha value is -8.83. The van der Waals surface area contributed by atoms with Crippen LogP contribution in [0.2, 0.25) is 0 Å². The van der Waals surface area contributed by atoms with Gasteiger partial charge in [0.1, 0.15) is 33.4 Å². The van der Waals surface area contributed by atoms with Crippen LogP contribution in [0.3, 0.4) is 0 Å². The third-order valence-electron chi connectivity index (χ3n) is 12.6. The number of aromatic amines is 2. The zero-order chi connectivity index (χ0) is 47.6. The minimum atomic E-state index is -1.53. The number of aromatic nitrogens is 8. The summed E-state index contributed by atoms with van der Waals surface area (Å²) in [5.41, 5.74) is 6.19. The topological polar surface area (TPSA) is 191 Å². The lowest BCUT2D eigenvalue weighted by molar-refractivity contribution is -0.136. The third-order valence-corrected chi connectivity index (χ3v) is 14.1. The minimum Gasteiger partial charge on any atom is -0.493 e. The van der Waals surface area contributed by atoms with E-state index < -0.39 is 11.0 Å². The van der Waals surface area contributed by atoms with Crippen LogP contribution in [0.4, 0.5) is 0 Å². The molecule has 2 N–H and O–H groups in total. The summed E-state index contributed by atoms with van der Waals surface area (Å²) in [6.45, 7) is 0. The molecule has 0 aliphatic carbocycles. The zero-order valence-electron chi connectivity index (χ0n) is 38.4. The van der Waals surface area contributed by atoms with Gasteiger partial charge in [0.15, 0.2) is 46.3 Å².